The van der Waals surface area contributed by atoms with Gasteiger partial charge in [-0.15, -0.1) is 0 Å². The van der Waals surface area contributed by atoms with Gasteiger partial charge in [0, 0.05) is 57.0 Å². The Morgan fingerprint density at radius 3 is 1.95 bits per heavy atom. The van der Waals surface area contributed by atoms with Crippen molar-refractivity contribution in [3.63, 3.8) is 0 Å². The van der Waals surface area contributed by atoms with E-state index in [0.717, 1.165) is 6.92 Å². The monoisotopic (exact) mass is 901 g/mol. The number of aliphatic carboxylic acids is 1. The number of carbonyl (C=O) groups excluding carboxylic acids is 3. The first-order valence-electron chi connectivity index (χ1n) is 20.4. The van der Waals surface area contributed by atoms with Gasteiger partial charge in [0.1, 0.15) is 23.6 Å². The Labute approximate surface area is 363 Å². The van der Waals surface area contributed by atoms with E-state index in [1.807, 2.05) is 0 Å². The number of amides is 3. The van der Waals surface area contributed by atoms with E-state index in [4.69, 9.17) is 40.0 Å². The van der Waals surface area contributed by atoms with Crippen molar-refractivity contribution in [1.29, 1.82) is 0 Å². The Balaban J connectivity index is 1.33. The van der Waals surface area contributed by atoms with E-state index >= 15 is 0 Å². The van der Waals surface area contributed by atoms with Crippen LogP contribution < -0.4 is 37.4 Å². The van der Waals surface area contributed by atoms with Crippen molar-refractivity contribution in [2.24, 2.45) is 0 Å². The van der Waals surface area contributed by atoms with Crippen molar-refractivity contribution in [1.82, 2.24) is 16.0 Å². The lowest BCUT2D eigenvalue weighted by Crippen LogP contribution is -2.68. The zero-order valence-corrected chi connectivity index (χ0v) is 35.7. The predicted octanol–water partition coefficient (Wildman–Crippen LogP) is -0.873. The second kappa shape index (κ2) is 27.7. The third kappa shape index (κ3) is 17.5. The normalized spacial score (nSPS) is 19.7. The molecule has 2 aromatic rings. The average molecular weight is 902 g/mol. The van der Waals surface area contributed by atoms with Crippen LogP contribution in [0.4, 0.5) is 11.4 Å². The van der Waals surface area contributed by atoms with Gasteiger partial charge in [-0.3, -0.25) is 24.0 Å². The number of aliphatic hydroxyl groups excluding tert-OH is 3. The smallest absolute Gasteiger partial charge is 0.364 e. The van der Waals surface area contributed by atoms with Crippen LogP contribution >= 0.6 is 11.6 Å². The van der Waals surface area contributed by atoms with Gasteiger partial charge >= 0.3 is 5.97 Å². The number of carboxylic acid groups (broad SMARTS) is 1. The molecule has 22 heteroatoms. The summed E-state index contributed by atoms with van der Waals surface area (Å²) in [5.41, 5.74) is -0.679. The number of hydrogen-bond donors (Lipinski definition) is 9. The van der Waals surface area contributed by atoms with E-state index in [-0.39, 0.29) is 36.1 Å². The number of carboxylic acids is 1. The van der Waals surface area contributed by atoms with Crippen molar-refractivity contribution >= 4 is 46.7 Å². The van der Waals surface area contributed by atoms with E-state index in [1.165, 1.54) is 19.1 Å². The van der Waals surface area contributed by atoms with Crippen LogP contribution in [-0.2, 0) is 42.8 Å². The van der Waals surface area contributed by atoms with Gasteiger partial charge < -0.3 is 75.4 Å². The highest BCUT2D eigenvalue weighted by Crippen LogP contribution is 2.34. The Kier molecular flexibility index (Phi) is 23.3. The maximum absolute atomic E-state index is 12.6. The molecule has 9 N–H and O–H groups in total. The molecule has 0 aromatic heterocycles. The zero-order valence-electron chi connectivity index (χ0n) is 35.0. The molecule has 0 radical (unpaired) electrons. The standard InChI is InChI=1S/C40H60ClN5O16/c1-25(47)42-11-14-57-16-18-59-20-21-60-19-17-58-15-12-44-33-32(35(52)36(33)53)43-10-5-3-4-6-13-61-40(39(55)56)23-29(49)31(46-26(2)48)37(62-40)34(51)30(50)24-45-38(54)27-8-7-9-28(41)22-27/h7-9,22,29-31,34,37,43-44,49-51H,3-6,10-21,23-24H2,1-2H3,(H,42,47)(H,45,54)(H,46,48)(H,55,56)/t29-,30+,31+,34+,37+,40+/m0/s1. The van der Waals surface area contributed by atoms with Gasteiger partial charge in [-0.25, -0.2) is 4.79 Å². The average Bonchev–Trinajstić information content (AvgIpc) is 3.23. The molecule has 0 aliphatic carbocycles. The lowest BCUT2D eigenvalue weighted by molar-refractivity contribution is -0.310. The van der Waals surface area contributed by atoms with Crippen molar-refractivity contribution in [2.45, 2.75) is 82.2 Å². The molecular formula is C40H60ClN5O16. The maximum Gasteiger partial charge on any atom is 0.364 e. The number of hydrogen-bond acceptors (Lipinski definition) is 17. The molecule has 62 heavy (non-hydrogen) atoms. The molecule has 21 nitrogen and oxygen atoms in total. The van der Waals surface area contributed by atoms with Gasteiger partial charge in [-0.05, 0) is 31.0 Å². The largest absolute Gasteiger partial charge is 0.477 e. The summed E-state index contributed by atoms with van der Waals surface area (Å²) in [5.74, 6) is -5.38. The molecule has 3 amide bonds. The summed E-state index contributed by atoms with van der Waals surface area (Å²) >= 11 is 5.94. The summed E-state index contributed by atoms with van der Waals surface area (Å²) in [4.78, 5) is 72.1. The molecule has 1 aliphatic heterocycles. The highest BCUT2D eigenvalue weighted by Gasteiger charge is 2.55. The molecule has 2 aromatic carbocycles. The van der Waals surface area contributed by atoms with Crippen LogP contribution in [0.15, 0.2) is 33.9 Å². The second-order valence-electron chi connectivity index (χ2n) is 14.4. The van der Waals surface area contributed by atoms with E-state index < -0.39 is 77.9 Å². The van der Waals surface area contributed by atoms with Crippen molar-refractivity contribution in [3.8, 4) is 0 Å². The molecule has 0 bridgehead atoms. The third-order valence-corrected chi connectivity index (χ3v) is 9.70. The number of ether oxygens (including phenoxy) is 6. The summed E-state index contributed by atoms with van der Waals surface area (Å²) in [6.07, 6.45) is -5.33. The fourth-order valence-electron chi connectivity index (χ4n) is 6.29. The maximum atomic E-state index is 12.6. The summed E-state index contributed by atoms with van der Waals surface area (Å²) in [5, 5.41) is 56.8. The predicted molar refractivity (Wildman–Crippen MR) is 224 cm³/mol. The number of benzene rings is 1. The number of unbranched alkanes of at least 4 members (excludes halogenated alkanes) is 3. The molecule has 1 fully saturated rings. The second-order valence-corrected chi connectivity index (χ2v) is 14.8. The van der Waals surface area contributed by atoms with Gasteiger partial charge in [-0.2, -0.15) is 0 Å². The topological polar surface area (TPSA) is 299 Å². The van der Waals surface area contributed by atoms with Gasteiger partial charge in [-0.1, -0.05) is 30.5 Å². The Hall–Kier alpha value is -4.29. The van der Waals surface area contributed by atoms with Crippen molar-refractivity contribution < 1.29 is 68.0 Å². The summed E-state index contributed by atoms with van der Waals surface area (Å²) in [6.45, 7) is 6.01. The number of carbonyl (C=O) groups is 4. The third-order valence-electron chi connectivity index (χ3n) is 9.46. The SMILES string of the molecule is CC(=O)NCCOCCOCCOCCOCCNc1c(NCCCCCCO[C@]2(C(=O)O)C[C@H](O)[C@@H](NC(C)=O)[C@H]([C@H](O)[C@H](O)CNC(=O)c3cccc(Cl)c3)O2)c(=O)c1=O. The minimum absolute atomic E-state index is 0.108. The Bertz CT molecular complexity index is 1780. The lowest BCUT2D eigenvalue weighted by Gasteiger charge is -2.46. The first kappa shape index (κ1) is 52.1. The fraction of sp³-hybridized carbons (Fsp3) is 0.650. The summed E-state index contributed by atoms with van der Waals surface area (Å²) in [7, 11) is 0. The molecule has 1 saturated heterocycles. The van der Waals surface area contributed by atoms with Gasteiger partial charge in [0.2, 0.25) is 11.8 Å². The summed E-state index contributed by atoms with van der Waals surface area (Å²) in [6, 6.07) is 4.67. The molecule has 1 heterocycles. The molecule has 348 valence electrons. The first-order chi connectivity index (χ1) is 29.7. The van der Waals surface area contributed by atoms with Crippen molar-refractivity contribution in [3.05, 3.63) is 55.3 Å². The van der Waals surface area contributed by atoms with E-state index in [9.17, 15) is 49.2 Å². The highest BCUT2D eigenvalue weighted by molar-refractivity contribution is 6.30. The fourth-order valence-corrected chi connectivity index (χ4v) is 6.48. The minimum Gasteiger partial charge on any atom is -0.477 e. The van der Waals surface area contributed by atoms with Crippen LogP contribution in [0.25, 0.3) is 0 Å². The van der Waals surface area contributed by atoms with E-state index in [1.54, 1.807) is 12.1 Å². The zero-order chi connectivity index (χ0) is 45.5. The Morgan fingerprint density at radius 1 is 0.790 bits per heavy atom. The Morgan fingerprint density at radius 2 is 1.37 bits per heavy atom. The molecule has 0 unspecified atom stereocenters. The van der Waals surface area contributed by atoms with Crippen LogP contribution in [0.2, 0.25) is 5.02 Å². The molecule has 1 aliphatic rings. The van der Waals surface area contributed by atoms with Gasteiger partial charge in [0.05, 0.1) is 77.7 Å². The van der Waals surface area contributed by atoms with Crippen LogP contribution in [0.3, 0.4) is 0 Å². The molecule has 0 spiro atoms. The summed E-state index contributed by atoms with van der Waals surface area (Å²) < 4.78 is 33.1. The van der Waals surface area contributed by atoms with Gasteiger partial charge in [0.15, 0.2) is 0 Å². The van der Waals surface area contributed by atoms with Crippen molar-refractivity contribution in [2.75, 3.05) is 96.3 Å². The number of aliphatic hydroxyl groups is 3. The molecular weight excluding hydrogens is 842 g/mol. The van der Waals surface area contributed by atoms with Crippen LogP contribution in [0.5, 0.6) is 0 Å². The van der Waals surface area contributed by atoms with E-state index in [2.05, 4.69) is 26.6 Å². The van der Waals surface area contributed by atoms with Crippen LogP contribution in [0, 0.1) is 0 Å². The number of anilines is 2. The highest BCUT2D eigenvalue weighted by atomic mass is 35.5. The molecule has 0 saturated carbocycles. The molecule has 6 atom stereocenters. The van der Waals surface area contributed by atoms with Crippen LogP contribution in [0.1, 0.15) is 56.3 Å². The first-order valence-corrected chi connectivity index (χ1v) is 20.8. The quantitative estimate of drug-likeness (QED) is 0.0318. The number of rotatable bonds is 32. The number of halogens is 1. The number of nitrogens with one attached hydrogen (secondary N) is 5. The lowest BCUT2D eigenvalue weighted by atomic mass is 9.88. The molecule has 3 rings (SSSR count). The van der Waals surface area contributed by atoms with E-state index in [0.29, 0.717) is 96.6 Å². The van der Waals surface area contributed by atoms with Gasteiger partial charge in [0.25, 0.3) is 22.6 Å². The van der Waals surface area contributed by atoms with Crippen LogP contribution in [-0.4, -0.2) is 166 Å². The minimum atomic E-state index is -2.44.